The first-order valence-corrected chi connectivity index (χ1v) is 6.64. The second kappa shape index (κ2) is 5.45. The third-order valence-corrected chi connectivity index (χ3v) is 3.65. The molecule has 0 fully saturated rings. The summed E-state index contributed by atoms with van der Waals surface area (Å²) in [6.45, 7) is 0.345. The number of halogens is 2. The van der Waals surface area contributed by atoms with Gasteiger partial charge in [0.05, 0.1) is 10.6 Å². The van der Waals surface area contributed by atoms with Crippen molar-refractivity contribution in [2.24, 2.45) is 0 Å². The third-order valence-electron chi connectivity index (χ3n) is 2.23. The number of nitrogens with one attached hydrogen (secondary N) is 1. The molecule has 0 saturated heterocycles. The Bertz CT molecular complexity index is 588. The van der Waals surface area contributed by atoms with Crippen molar-refractivity contribution in [3.05, 3.63) is 55.6 Å². The number of benzene rings is 1. The largest absolute Gasteiger partial charge is 0.379 e. The van der Waals surface area contributed by atoms with Crippen molar-refractivity contribution in [3.8, 4) is 0 Å². The summed E-state index contributed by atoms with van der Waals surface area (Å²) in [5.74, 6) is -0.358. The van der Waals surface area contributed by atoms with Gasteiger partial charge in [-0.25, -0.2) is 4.39 Å². The average molecular weight is 331 g/mol. The highest BCUT2D eigenvalue weighted by atomic mass is 79.9. The van der Waals surface area contributed by atoms with Crippen LogP contribution in [-0.4, -0.2) is 4.92 Å². The summed E-state index contributed by atoms with van der Waals surface area (Å²) in [4.78, 5) is 10.1. The van der Waals surface area contributed by atoms with Gasteiger partial charge in [0.1, 0.15) is 5.82 Å². The fourth-order valence-electron chi connectivity index (χ4n) is 1.38. The van der Waals surface area contributed by atoms with E-state index in [1.54, 1.807) is 17.5 Å². The number of rotatable bonds is 4. The Kier molecular flexibility index (Phi) is 3.93. The molecule has 4 nitrogen and oxygen atoms in total. The fourth-order valence-corrected chi connectivity index (χ4v) is 2.47. The molecule has 1 N–H and O–H groups in total. The van der Waals surface area contributed by atoms with E-state index in [-0.39, 0.29) is 10.8 Å². The Morgan fingerprint density at radius 1 is 1.44 bits per heavy atom. The van der Waals surface area contributed by atoms with Crippen LogP contribution in [0.25, 0.3) is 0 Å². The highest BCUT2D eigenvalue weighted by molar-refractivity contribution is 9.10. The molecule has 0 aliphatic heterocycles. The minimum Gasteiger partial charge on any atom is -0.379 e. The molecule has 0 spiro atoms. The standard InChI is InChI=1S/C11H8BrFN2O2S/c12-8-1-2-9(13)10(4-8)14-5-7-3-11(15(16)17)18-6-7/h1-4,6,14H,5H2. The topological polar surface area (TPSA) is 55.2 Å². The molecule has 7 heteroatoms. The molecule has 2 aromatic rings. The molecule has 0 unspecified atom stereocenters. The molecular formula is C11H8BrFN2O2S. The SMILES string of the molecule is O=[N+]([O-])c1cc(CNc2cc(Br)ccc2F)cs1. The van der Waals surface area contributed by atoms with Crippen LogP contribution in [0.2, 0.25) is 0 Å². The van der Waals surface area contributed by atoms with Gasteiger partial charge < -0.3 is 5.32 Å². The molecule has 0 atom stereocenters. The van der Waals surface area contributed by atoms with Crippen LogP contribution in [0.15, 0.2) is 34.1 Å². The highest BCUT2D eigenvalue weighted by Gasteiger charge is 2.10. The smallest absolute Gasteiger partial charge is 0.324 e. The molecular weight excluding hydrogens is 323 g/mol. The lowest BCUT2D eigenvalue weighted by molar-refractivity contribution is -0.380. The molecule has 1 aromatic heterocycles. The van der Waals surface area contributed by atoms with E-state index >= 15 is 0 Å². The first-order chi connectivity index (χ1) is 8.56. The van der Waals surface area contributed by atoms with Gasteiger partial charge in [-0.3, -0.25) is 10.1 Å². The maximum absolute atomic E-state index is 13.4. The summed E-state index contributed by atoms with van der Waals surface area (Å²) in [6, 6.07) is 6.06. The van der Waals surface area contributed by atoms with E-state index in [1.807, 2.05) is 0 Å². The van der Waals surface area contributed by atoms with Gasteiger partial charge in [-0.1, -0.05) is 27.3 Å². The first-order valence-electron chi connectivity index (χ1n) is 4.97. The molecule has 1 aromatic carbocycles. The number of thiophene rings is 1. The van der Waals surface area contributed by atoms with Gasteiger partial charge >= 0.3 is 5.00 Å². The van der Waals surface area contributed by atoms with Crippen LogP contribution < -0.4 is 5.32 Å². The lowest BCUT2D eigenvalue weighted by atomic mass is 10.3. The van der Waals surface area contributed by atoms with Crippen molar-refractivity contribution in [3.63, 3.8) is 0 Å². The van der Waals surface area contributed by atoms with Crippen LogP contribution >= 0.6 is 27.3 Å². The van der Waals surface area contributed by atoms with Gasteiger partial charge in [0.15, 0.2) is 0 Å². The zero-order valence-corrected chi connectivity index (χ0v) is 11.4. The second-order valence-electron chi connectivity index (χ2n) is 3.53. The molecule has 18 heavy (non-hydrogen) atoms. The Balaban J connectivity index is 2.06. The molecule has 0 bridgehead atoms. The van der Waals surface area contributed by atoms with E-state index in [0.29, 0.717) is 12.2 Å². The summed E-state index contributed by atoms with van der Waals surface area (Å²) in [5.41, 5.74) is 1.12. The van der Waals surface area contributed by atoms with Crippen LogP contribution in [-0.2, 0) is 6.54 Å². The Hall–Kier alpha value is -1.47. The van der Waals surface area contributed by atoms with E-state index in [1.165, 1.54) is 12.1 Å². The van der Waals surface area contributed by atoms with Crippen molar-refractivity contribution >= 4 is 38.0 Å². The fraction of sp³-hybridized carbons (Fsp3) is 0.0909. The lowest BCUT2D eigenvalue weighted by Crippen LogP contribution is -2.00. The van der Waals surface area contributed by atoms with Crippen molar-refractivity contribution in [1.82, 2.24) is 0 Å². The molecule has 0 radical (unpaired) electrons. The van der Waals surface area contributed by atoms with Gasteiger partial charge in [-0.2, -0.15) is 0 Å². The highest BCUT2D eigenvalue weighted by Crippen LogP contribution is 2.24. The number of hydrogen-bond acceptors (Lipinski definition) is 4. The molecule has 0 aliphatic carbocycles. The van der Waals surface area contributed by atoms with E-state index in [2.05, 4.69) is 21.2 Å². The minimum absolute atomic E-state index is 0.0847. The average Bonchev–Trinajstić information content (AvgIpc) is 2.79. The molecule has 2 rings (SSSR count). The molecule has 0 aliphatic rings. The van der Waals surface area contributed by atoms with Crippen molar-refractivity contribution in [2.75, 3.05) is 5.32 Å². The summed E-state index contributed by atoms with van der Waals surface area (Å²) in [7, 11) is 0. The van der Waals surface area contributed by atoms with Crippen LogP contribution in [0.3, 0.4) is 0 Å². The quantitative estimate of drug-likeness (QED) is 0.676. The predicted octanol–water partition coefficient (Wildman–Crippen LogP) is 4.17. The predicted molar refractivity (Wildman–Crippen MR) is 72.4 cm³/mol. The van der Waals surface area contributed by atoms with Gasteiger partial charge in [-0.05, 0) is 23.8 Å². The summed E-state index contributed by atoms with van der Waals surface area (Å²) in [6.07, 6.45) is 0. The molecule has 0 amide bonds. The third kappa shape index (κ3) is 3.05. The van der Waals surface area contributed by atoms with Gasteiger partial charge in [0.2, 0.25) is 0 Å². The normalized spacial score (nSPS) is 10.3. The monoisotopic (exact) mass is 330 g/mol. The molecule has 1 heterocycles. The zero-order valence-electron chi connectivity index (χ0n) is 9.02. The van der Waals surface area contributed by atoms with Gasteiger partial charge in [0, 0.05) is 22.5 Å². The van der Waals surface area contributed by atoms with Crippen LogP contribution in [0, 0.1) is 15.9 Å². The first kappa shape index (κ1) is 13.0. The van der Waals surface area contributed by atoms with Gasteiger partial charge in [-0.15, -0.1) is 0 Å². The summed E-state index contributed by atoms with van der Waals surface area (Å²) >= 11 is 4.31. The van der Waals surface area contributed by atoms with Crippen LogP contribution in [0.5, 0.6) is 0 Å². The van der Waals surface area contributed by atoms with E-state index in [0.717, 1.165) is 21.4 Å². The number of anilines is 1. The number of nitro groups is 1. The Morgan fingerprint density at radius 2 is 2.22 bits per heavy atom. The second-order valence-corrected chi connectivity index (χ2v) is 5.33. The minimum atomic E-state index is -0.437. The van der Waals surface area contributed by atoms with E-state index < -0.39 is 4.92 Å². The summed E-state index contributed by atoms with van der Waals surface area (Å²) in [5, 5.41) is 15.2. The van der Waals surface area contributed by atoms with Crippen molar-refractivity contribution < 1.29 is 9.31 Å². The molecule has 0 saturated carbocycles. The Labute approximate surface area is 115 Å². The number of nitrogens with zero attached hydrogens (tertiary/aromatic N) is 1. The Morgan fingerprint density at radius 3 is 2.89 bits per heavy atom. The number of hydrogen-bond donors (Lipinski definition) is 1. The van der Waals surface area contributed by atoms with E-state index in [4.69, 9.17) is 0 Å². The maximum atomic E-state index is 13.4. The van der Waals surface area contributed by atoms with E-state index in [9.17, 15) is 14.5 Å². The van der Waals surface area contributed by atoms with Crippen molar-refractivity contribution in [2.45, 2.75) is 6.54 Å². The van der Waals surface area contributed by atoms with Crippen LogP contribution in [0.1, 0.15) is 5.56 Å². The summed E-state index contributed by atoms with van der Waals surface area (Å²) < 4.78 is 14.2. The van der Waals surface area contributed by atoms with Crippen LogP contribution in [0.4, 0.5) is 15.1 Å². The van der Waals surface area contributed by atoms with Gasteiger partial charge in [0.25, 0.3) is 0 Å². The zero-order chi connectivity index (χ0) is 13.1. The van der Waals surface area contributed by atoms with Crippen molar-refractivity contribution in [1.29, 1.82) is 0 Å². The maximum Gasteiger partial charge on any atom is 0.324 e. The lowest BCUT2D eigenvalue weighted by Gasteiger charge is -2.06. The molecule has 94 valence electrons.